The van der Waals surface area contributed by atoms with E-state index in [1.807, 2.05) is 35.2 Å². The van der Waals surface area contributed by atoms with Crippen LogP contribution in [0.5, 0.6) is 0 Å². The Labute approximate surface area is 148 Å². The van der Waals surface area contributed by atoms with Crippen molar-refractivity contribution in [3.63, 3.8) is 0 Å². The maximum absolute atomic E-state index is 13.0. The van der Waals surface area contributed by atoms with Gasteiger partial charge in [-0.3, -0.25) is 9.59 Å². The molecule has 2 amide bonds. The van der Waals surface area contributed by atoms with Gasteiger partial charge in [0.2, 0.25) is 5.91 Å². The number of hydrogen-bond donors (Lipinski definition) is 0. The Morgan fingerprint density at radius 1 is 0.920 bits per heavy atom. The highest BCUT2D eigenvalue weighted by molar-refractivity contribution is 5.91. The summed E-state index contributed by atoms with van der Waals surface area (Å²) < 4.78 is 5.18. The summed E-state index contributed by atoms with van der Waals surface area (Å²) in [6, 6.07) is 13.3. The van der Waals surface area contributed by atoms with Gasteiger partial charge in [0.15, 0.2) is 5.76 Å². The number of carbonyl (C=O) groups excluding carboxylic acids is 2. The molecule has 1 aliphatic rings. The third-order valence-electron chi connectivity index (χ3n) is 4.70. The van der Waals surface area contributed by atoms with Gasteiger partial charge in [-0.25, -0.2) is 0 Å². The standard InChI is InChI=1S/C20H24N2O3/c1-15(2)18(16-7-4-3-5-8-16)20(24)22-12-10-21(11-13-22)19(23)17-9-6-14-25-17/h3-9,14-15,18H,10-13H2,1-2H3. The van der Waals surface area contributed by atoms with E-state index < -0.39 is 0 Å². The lowest BCUT2D eigenvalue weighted by Gasteiger charge is -2.37. The van der Waals surface area contributed by atoms with Crippen molar-refractivity contribution < 1.29 is 14.0 Å². The van der Waals surface area contributed by atoms with Crippen molar-refractivity contribution in [3.05, 3.63) is 60.1 Å². The van der Waals surface area contributed by atoms with Crippen LogP contribution < -0.4 is 0 Å². The Morgan fingerprint density at radius 2 is 1.56 bits per heavy atom. The molecular weight excluding hydrogens is 316 g/mol. The summed E-state index contributed by atoms with van der Waals surface area (Å²) in [4.78, 5) is 29.0. The van der Waals surface area contributed by atoms with E-state index in [2.05, 4.69) is 13.8 Å². The molecule has 0 aliphatic carbocycles. The number of furan rings is 1. The second-order valence-electron chi connectivity index (χ2n) is 6.73. The first-order valence-corrected chi connectivity index (χ1v) is 8.74. The minimum Gasteiger partial charge on any atom is -0.459 e. The Kier molecular flexibility index (Phi) is 5.22. The van der Waals surface area contributed by atoms with Gasteiger partial charge in [0, 0.05) is 26.2 Å². The van der Waals surface area contributed by atoms with Crippen molar-refractivity contribution in [2.45, 2.75) is 19.8 Å². The molecule has 25 heavy (non-hydrogen) atoms. The summed E-state index contributed by atoms with van der Waals surface area (Å²) in [5, 5.41) is 0. The molecule has 0 N–H and O–H groups in total. The van der Waals surface area contributed by atoms with Crippen molar-refractivity contribution >= 4 is 11.8 Å². The lowest BCUT2D eigenvalue weighted by Crippen LogP contribution is -2.52. The molecule has 2 aromatic rings. The van der Waals surface area contributed by atoms with Crippen LogP contribution in [-0.2, 0) is 4.79 Å². The zero-order valence-corrected chi connectivity index (χ0v) is 14.7. The molecule has 1 saturated heterocycles. The van der Waals surface area contributed by atoms with Gasteiger partial charge in [0.1, 0.15) is 0 Å². The van der Waals surface area contributed by atoms with Crippen LogP contribution in [-0.4, -0.2) is 47.8 Å². The second kappa shape index (κ2) is 7.55. The average molecular weight is 340 g/mol. The smallest absolute Gasteiger partial charge is 0.289 e. The minimum atomic E-state index is -0.145. The fourth-order valence-corrected chi connectivity index (χ4v) is 3.36. The first-order valence-electron chi connectivity index (χ1n) is 8.74. The number of hydrogen-bond acceptors (Lipinski definition) is 3. The second-order valence-corrected chi connectivity index (χ2v) is 6.73. The summed E-state index contributed by atoms with van der Waals surface area (Å²) >= 11 is 0. The molecule has 1 fully saturated rings. The topological polar surface area (TPSA) is 53.8 Å². The third kappa shape index (κ3) is 3.76. The van der Waals surface area contributed by atoms with Gasteiger partial charge in [0.05, 0.1) is 12.2 Å². The fraction of sp³-hybridized carbons (Fsp3) is 0.400. The van der Waals surface area contributed by atoms with Crippen molar-refractivity contribution in [2.75, 3.05) is 26.2 Å². The molecular formula is C20H24N2O3. The Morgan fingerprint density at radius 3 is 2.12 bits per heavy atom. The first-order chi connectivity index (χ1) is 12.1. The highest BCUT2D eigenvalue weighted by Gasteiger charge is 2.32. The van der Waals surface area contributed by atoms with Crippen LogP contribution in [0.25, 0.3) is 0 Å². The molecule has 5 nitrogen and oxygen atoms in total. The number of piperazine rings is 1. The van der Waals surface area contributed by atoms with E-state index in [-0.39, 0.29) is 23.7 Å². The zero-order valence-electron chi connectivity index (χ0n) is 14.7. The average Bonchev–Trinajstić information content (AvgIpc) is 3.16. The molecule has 1 aliphatic heterocycles. The number of carbonyl (C=O) groups is 2. The summed E-state index contributed by atoms with van der Waals surface area (Å²) in [5.74, 6) is 0.460. The molecule has 5 heteroatoms. The highest BCUT2D eigenvalue weighted by atomic mass is 16.3. The molecule has 1 aromatic carbocycles. The van der Waals surface area contributed by atoms with E-state index in [4.69, 9.17) is 4.42 Å². The van der Waals surface area contributed by atoms with Gasteiger partial charge in [-0.05, 0) is 23.6 Å². The molecule has 1 aromatic heterocycles. The van der Waals surface area contributed by atoms with Crippen LogP contribution in [0.4, 0.5) is 0 Å². The Bertz CT molecular complexity index is 702. The van der Waals surface area contributed by atoms with Crippen molar-refractivity contribution in [1.29, 1.82) is 0 Å². The predicted molar refractivity (Wildman–Crippen MR) is 95.2 cm³/mol. The van der Waals surface area contributed by atoms with Crippen LogP contribution in [0.2, 0.25) is 0 Å². The van der Waals surface area contributed by atoms with Crippen LogP contribution in [0.1, 0.15) is 35.9 Å². The summed E-state index contributed by atoms with van der Waals surface area (Å²) in [6.45, 7) is 6.33. The molecule has 1 unspecified atom stereocenters. The van der Waals surface area contributed by atoms with Crippen LogP contribution in [0.3, 0.4) is 0 Å². The monoisotopic (exact) mass is 340 g/mol. The number of amides is 2. The fourth-order valence-electron chi connectivity index (χ4n) is 3.36. The lowest BCUT2D eigenvalue weighted by molar-refractivity contribution is -0.135. The molecule has 0 saturated carbocycles. The van der Waals surface area contributed by atoms with Crippen LogP contribution in [0, 0.1) is 5.92 Å². The number of benzene rings is 1. The van der Waals surface area contributed by atoms with Gasteiger partial charge in [-0.15, -0.1) is 0 Å². The Balaban J connectivity index is 1.65. The summed E-state index contributed by atoms with van der Waals surface area (Å²) in [7, 11) is 0. The molecule has 132 valence electrons. The minimum absolute atomic E-state index is 0.111. The van der Waals surface area contributed by atoms with Crippen LogP contribution in [0.15, 0.2) is 53.1 Å². The van der Waals surface area contributed by atoms with E-state index in [1.54, 1.807) is 17.0 Å². The van der Waals surface area contributed by atoms with Crippen molar-refractivity contribution in [3.8, 4) is 0 Å². The maximum atomic E-state index is 13.0. The summed E-state index contributed by atoms with van der Waals surface area (Å²) in [5.41, 5.74) is 1.05. The van der Waals surface area contributed by atoms with E-state index >= 15 is 0 Å². The molecule has 0 spiro atoms. The first kappa shape index (κ1) is 17.3. The Hall–Kier alpha value is -2.56. The predicted octanol–water partition coefficient (Wildman–Crippen LogP) is 3.00. The van der Waals surface area contributed by atoms with Gasteiger partial charge < -0.3 is 14.2 Å². The maximum Gasteiger partial charge on any atom is 0.289 e. The van der Waals surface area contributed by atoms with Gasteiger partial charge in [-0.1, -0.05) is 44.2 Å². The zero-order chi connectivity index (χ0) is 17.8. The number of rotatable bonds is 4. The normalized spacial score (nSPS) is 16.1. The van der Waals surface area contributed by atoms with E-state index in [1.165, 1.54) is 6.26 Å². The van der Waals surface area contributed by atoms with Gasteiger partial charge >= 0.3 is 0 Å². The molecule has 3 rings (SSSR count). The van der Waals surface area contributed by atoms with Crippen molar-refractivity contribution in [1.82, 2.24) is 9.80 Å². The van der Waals surface area contributed by atoms with E-state index in [9.17, 15) is 9.59 Å². The SMILES string of the molecule is CC(C)C(C(=O)N1CCN(C(=O)c2ccco2)CC1)c1ccccc1. The highest BCUT2D eigenvalue weighted by Crippen LogP contribution is 2.27. The van der Waals surface area contributed by atoms with Crippen molar-refractivity contribution in [2.24, 2.45) is 5.92 Å². The third-order valence-corrected chi connectivity index (χ3v) is 4.70. The molecule has 0 bridgehead atoms. The number of nitrogens with zero attached hydrogens (tertiary/aromatic N) is 2. The van der Waals surface area contributed by atoms with Gasteiger partial charge in [0.25, 0.3) is 5.91 Å². The largest absolute Gasteiger partial charge is 0.459 e. The van der Waals surface area contributed by atoms with E-state index in [0.29, 0.717) is 31.9 Å². The van der Waals surface area contributed by atoms with E-state index in [0.717, 1.165) is 5.56 Å². The quantitative estimate of drug-likeness (QED) is 0.860. The summed E-state index contributed by atoms with van der Waals surface area (Å²) in [6.07, 6.45) is 1.50. The van der Waals surface area contributed by atoms with Crippen LogP contribution >= 0.6 is 0 Å². The molecule has 1 atom stereocenters. The molecule has 0 radical (unpaired) electrons. The van der Waals surface area contributed by atoms with Gasteiger partial charge in [-0.2, -0.15) is 0 Å². The molecule has 2 heterocycles. The lowest BCUT2D eigenvalue weighted by atomic mass is 9.87.